The Morgan fingerprint density at radius 2 is 2.00 bits per heavy atom. The molecule has 0 saturated heterocycles. The first-order valence-electron chi connectivity index (χ1n) is 3.31. The zero-order chi connectivity index (χ0) is 8.81. The Morgan fingerprint density at radius 1 is 1.25 bits per heavy atom. The molecule has 1 rings (SSSR count). The maximum Gasteiger partial charge on any atom is 0.259 e. The molecule has 0 aliphatic rings. The Balaban J connectivity index is 2.77. The van der Waals surface area contributed by atoms with Crippen molar-refractivity contribution in [2.75, 3.05) is 13.6 Å². The number of nitrogens with zero attached hydrogens (tertiary/aromatic N) is 1. The minimum absolute atomic E-state index is 0.161. The summed E-state index contributed by atoms with van der Waals surface area (Å²) >= 11 is 0. The van der Waals surface area contributed by atoms with E-state index in [9.17, 15) is 0 Å². The monoisotopic (exact) mass is 171 g/mol. The fourth-order valence-electron chi connectivity index (χ4n) is 0.725. The second-order valence-electron chi connectivity index (χ2n) is 1.85. The molecule has 1 heterocycles. The number of aliphatic hydroxyl groups excluding tert-OH is 2. The lowest BCUT2D eigenvalue weighted by Gasteiger charge is -2.06. The molecule has 0 bridgehead atoms. The van der Waals surface area contributed by atoms with E-state index in [0.29, 0.717) is 5.75 Å². The number of hydrogen-bond acceptors (Lipinski definition) is 5. The lowest BCUT2D eigenvalue weighted by atomic mass is 10.4. The molecule has 0 radical (unpaired) electrons. The fourth-order valence-corrected chi connectivity index (χ4v) is 0.725. The van der Waals surface area contributed by atoms with Gasteiger partial charge in [-0.3, -0.25) is 0 Å². The molecule has 0 aliphatic heterocycles. The van der Waals surface area contributed by atoms with Crippen LogP contribution < -0.4 is 9.47 Å². The average Bonchev–Trinajstić information content (AvgIpc) is 2.09. The van der Waals surface area contributed by atoms with Crippen LogP contribution in [0.4, 0.5) is 0 Å². The zero-order valence-electron chi connectivity index (χ0n) is 6.30. The minimum Gasteiger partial charge on any atom is -0.462 e. The van der Waals surface area contributed by atoms with Crippen molar-refractivity contribution in [2.45, 2.75) is 0 Å². The van der Waals surface area contributed by atoms with Crippen LogP contribution in [-0.4, -0.2) is 28.8 Å². The Kier molecular flexibility index (Phi) is 3.31. The molecule has 5 nitrogen and oxygen atoms in total. The summed E-state index contributed by atoms with van der Waals surface area (Å²) in [7, 11) is 0. The molecule has 1 aromatic heterocycles. The SMILES string of the molecule is OCOc1cccnc1OCO. The number of hydrogen-bond donors (Lipinski definition) is 2. The standard InChI is InChI=1S/C7H9NO4/c9-4-11-6-2-1-3-8-7(6)12-5-10/h1-3,9-10H,4-5H2. The Morgan fingerprint density at radius 3 is 2.67 bits per heavy atom. The van der Waals surface area contributed by atoms with E-state index in [2.05, 4.69) is 4.98 Å². The van der Waals surface area contributed by atoms with Crippen molar-refractivity contribution < 1.29 is 19.7 Å². The molecule has 12 heavy (non-hydrogen) atoms. The first-order valence-corrected chi connectivity index (χ1v) is 3.31. The number of pyridine rings is 1. The molecule has 0 amide bonds. The van der Waals surface area contributed by atoms with Gasteiger partial charge in [-0.1, -0.05) is 0 Å². The summed E-state index contributed by atoms with van der Waals surface area (Å²) in [6, 6.07) is 3.21. The quantitative estimate of drug-likeness (QED) is 0.610. The van der Waals surface area contributed by atoms with Crippen LogP contribution >= 0.6 is 0 Å². The van der Waals surface area contributed by atoms with Crippen molar-refractivity contribution in [2.24, 2.45) is 0 Å². The molecular formula is C7H9NO4. The highest BCUT2D eigenvalue weighted by molar-refractivity contribution is 5.32. The molecule has 2 N–H and O–H groups in total. The minimum atomic E-state index is -0.473. The number of aliphatic hydroxyl groups is 2. The summed E-state index contributed by atoms with van der Waals surface area (Å²) in [6.45, 7) is -0.924. The third-order valence-electron chi connectivity index (χ3n) is 1.16. The van der Waals surface area contributed by atoms with Crippen LogP contribution in [0.3, 0.4) is 0 Å². The molecule has 0 saturated carbocycles. The third kappa shape index (κ3) is 2.08. The predicted octanol–water partition coefficient (Wildman–Crippen LogP) is -0.261. The summed E-state index contributed by atoms with van der Waals surface area (Å²) < 4.78 is 9.44. The summed E-state index contributed by atoms with van der Waals surface area (Å²) in [4.78, 5) is 3.77. The van der Waals surface area contributed by atoms with Gasteiger partial charge in [-0.05, 0) is 12.1 Å². The summed E-state index contributed by atoms with van der Waals surface area (Å²) in [5, 5.41) is 16.9. The van der Waals surface area contributed by atoms with Gasteiger partial charge in [0.1, 0.15) is 0 Å². The number of ether oxygens (including phenoxy) is 2. The van der Waals surface area contributed by atoms with Gasteiger partial charge in [0.25, 0.3) is 5.88 Å². The maximum absolute atomic E-state index is 8.44. The molecule has 0 aliphatic carbocycles. The van der Waals surface area contributed by atoms with Crippen LogP contribution in [-0.2, 0) is 0 Å². The van der Waals surface area contributed by atoms with Crippen LogP contribution in [0.1, 0.15) is 0 Å². The van der Waals surface area contributed by atoms with E-state index in [4.69, 9.17) is 19.7 Å². The normalized spacial score (nSPS) is 9.50. The fraction of sp³-hybridized carbons (Fsp3) is 0.286. The molecule has 0 unspecified atom stereocenters. The van der Waals surface area contributed by atoms with Crippen LogP contribution in [0.25, 0.3) is 0 Å². The highest BCUT2D eigenvalue weighted by Crippen LogP contribution is 2.22. The van der Waals surface area contributed by atoms with Crippen LogP contribution in [0.15, 0.2) is 18.3 Å². The van der Waals surface area contributed by atoms with Gasteiger partial charge < -0.3 is 19.7 Å². The molecule has 0 fully saturated rings. The van der Waals surface area contributed by atoms with E-state index in [1.165, 1.54) is 6.20 Å². The molecule has 1 aromatic rings. The van der Waals surface area contributed by atoms with E-state index in [1.807, 2.05) is 0 Å². The average molecular weight is 171 g/mol. The van der Waals surface area contributed by atoms with Crippen molar-refractivity contribution in [1.29, 1.82) is 0 Å². The van der Waals surface area contributed by atoms with Crippen molar-refractivity contribution in [1.82, 2.24) is 4.98 Å². The highest BCUT2D eigenvalue weighted by atomic mass is 16.6. The van der Waals surface area contributed by atoms with Crippen LogP contribution in [0, 0.1) is 0 Å². The van der Waals surface area contributed by atoms with Crippen molar-refractivity contribution in [3.63, 3.8) is 0 Å². The van der Waals surface area contributed by atoms with Crippen molar-refractivity contribution >= 4 is 0 Å². The molecule has 5 heteroatoms. The van der Waals surface area contributed by atoms with Gasteiger partial charge >= 0.3 is 0 Å². The van der Waals surface area contributed by atoms with Gasteiger partial charge in [-0.25, -0.2) is 4.98 Å². The van der Waals surface area contributed by atoms with E-state index in [0.717, 1.165) is 0 Å². The van der Waals surface area contributed by atoms with Gasteiger partial charge in [-0.15, -0.1) is 0 Å². The maximum atomic E-state index is 8.44. The Bertz CT molecular complexity index is 216. The predicted molar refractivity (Wildman–Crippen MR) is 39.7 cm³/mol. The first kappa shape index (κ1) is 8.76. The number of aromatic nitrogens is 1. The second kappa shape index (κ2) is 4.53. The van der Waals surface area contributed by atoms with Gasteiger partial charge in [0.15, 0.2) is 19.3 Å². The summed E-state index contributed by atoms with van der Waals surface area (Å²) in [5.74, 6) is 0.461. The summed E-state index contributed by atoms with van der Waals surface area (Å²) in [6.07, 6.45) is 1.50. The molecule has 66 valence electrons. The van der Waals surface area contributed by atoms with Gasteiger partial charge in [0.2, 0.25) is 0 Å². The smallest absolute Gasteiger partial charge is 0.259 e. The van der Waals surface area contributed by atoms with Crippen molar-refractivity contribution in [3.8, 4) is 11.6 Å². The van der Waals surface area contributed by atoms with E-state index in [1.54, 1.807) is 12.1 Å². The lowest BCUT2D eigenvalue weighted by molar-refractivity contribution is 0.0708. The van der Waals surface area contributed by atoms with E-state index in [-0.39, 0.29) is 5.88 Å². The van der Waals surface area contributed by atoms with Crippen LogP contribution in [0.2, 0.25) is 0 Å². The van der Waals surface area contributed by atoms with E-state index >= 15 is 0 Å². The molecule has 0 spiro atoms. The topological polar surface area (TPSA) is 71.8 Å². The van der Waals surface area contributed by atoms with Gasteiger partial charge in [-0.2, -0.15) is 0 Å². The largest absolute Gasteiger partial charge is 0.462 e. The lowest BCUT2D eigenvalue weighted by Crippen LogP contribution is -2.02. The molecular weight excluding hydrogens is 162 g/mol. The zero-order valence-corrected chi connectivity index (χ0v) is 6.30. The summed E-state index contributed by atoms with van der Waals surface area (Å²) in [5.41, 5.74) is 0. The van der Waals surface area contributed by atoms with Crippen LogP contribution in [0.5, 0.6) is 11.6 Å². The Labute approximate surface area is 69.2 Å². The highest BCUT2D eigenvalue weighted by Gasteiger charge is 2.03. The molecule has 0 aromatic carbocycles. The Hall–Kier alpha value is -1.33. The molecule has 0 atom stereocenters. The van der Waals surface area contributed by atoms with Gasteiger partial charge in [0, 0.05) is 6.20 Å². The number of rotatable bonds is 4. The second-order valence-corrected chi connectivity index (χ2v) is 1.85. The van der Waals surface area contributed by atoms with Crippen molar-refractivity contribution in [3.05, 3.63) is 18.3 Å². The van der Waals surface area contributed by atoms with Gasteiger partial charge in [0.05, 0.1) is 0 Å². The van der Waals surface area contributed by atoms with E-state index < -0.39 is 13.6 Å². The third-order valence-corrected chi connectivity index (χ3v) is 1.16. The first-order chi connectivity index (χ1) is 5.88.